The second-order valence-electron chi connectivity index (χ2n) is 7.13. The molecule has 4 nitrogen and oxygen atoms in total. The monoisotopic (exact) mass is 439 g/mol. The predicted molar refractivity (Wildman–Crippen MR) is 110 cm³/mol. The van der Waals surface area contributed by atoms with Crippen LogP contribution in [0, 0.1) is 0 Å². The van der Waals surface area contributed by atoms with Gasteiger partial charge in [0.2, 0.25) is 0 Å². The lowest BCUT2D eigenvalue weighted by molar-refractivity contribution is -0.137. The summed E-state index contributed by atoms with van der Waals surface area (Å²) < 4.78 is 72.0. The van der Waals surface area contributed by atoms with Gasteiger partial charge in [-0.05, 0) is 68.5 Å². The van der Waals surface area contributed by atoms with Crippen molar-refractivity contribution in [1.29, 1.82) is 0 Å². The van der Waals surface area contributed by atoms with Crippen molar-refractivity contribution in [2.45, 2.75) is 43.2 Å². The Hall–Kier alpha value is -2.48. The molecule has 0 unspecified atom stereocenters. The molecule has 0 atom stereocenters. The van der Waals surface area contributed by atoms with Crippen molar-refractivity contribution in [1.82, 2.24) is 0 Å². The molecule has 0 saturated heterocycles. The van der Waals surface area contributed by atoms with Crippen molar-refractivity contribution < 1.29 is 26.3 Å². The van der Waals surface area contributed by atoms with Gasteiger partial charge in [-0.15, -0.1) is 0 Å². The molecule has 0 fully saturated rings. The van der Waals surface area contributed by atoms with Gasteiger partial charge in [0.05, 0.1) is 23.3 Å². The fourth-order valence-corrected chi connectivity index (χ4v) is 5.00. The average Bonchev–Trinajstić information content (AvgIpc) is 2.74. The first kappa shape index (κ1) is 22.2. The van der Waals surface area contributed by atoms with Gasteiger partial charge in [-0.25, -0.2) is 8.42 Å². The first-order chi connectivity index (χ1) is 14.2. The van der Waals surface area contributed by atoms with Gasteiger partial charge in [0.25, 0.3) is 10.0 Å². The van der Waals surface area contributed by atoms with E-state index in [1.807, 2.05) is 0 Å². The lowest BCUT2D eigenvalue weighted by Gasteiger charge is -2.27. The SMILES string of the molecule is COc1ccccc1N(CCC1=CCCCC1)S(=O)(=O)c1ccc(C(F)(F)F)cc1. The van der Waals surface area contributed by atoms with Gasteiger partial charge in [0.1, 0.15) is 5.75 Å². The smallest absolute Gasteiger partial charge is 0.416 e. The molecule has 3 rings (SSSR count). The highest BCUT2D eigenvalue weighted by atomic mass is 32.2. The third-order valence-electron chi connectivity index (χ3n) is 5.14. The molecule has 2 aromatic carbocycles. The quantitative estimate of drug-likeness (QED) is 0.512. The number of allylic oxidation sites excluding steroid dienone is 1. The minimum Gasteiger partial charge on any atom is -0.495 e. The fraction of sp³-hybridized carbons (Fsp3) is 0.364. The third kappa shape index (κ3) is 4.98. The maximum absolute atomic E-state index is 13.4. The van der Waals surface area contributed by atoms with Crippen molar-refractivity contribution in [3.8, 4) is 5.75 Å². The highest BCUT2D eigenvalue weighted by Crippen LogP contribution is 2.35. The van der Waals surface area contributed by atoms with Crippen molar-refractivity contribution in [2.24, 2.45) is 0 Å². The van der Waals surface area contributed by atoms with Gasteiger partial charge in [-0.1, -0.05) is 23.8 Å². The third-order valence-corrected chi connectivity index (χ3v) is 6.97. The summed E-state index contributed by atoms with van der Waals surface area (Å²) in [6, 6.07) is 10.3. The van der Waals surface area contributed by atoms with E-state index in [0.29, 0.717) is 17.9 Å². The number of methoxy groups -OCH3 is 1. The molecular weight excluding hydrogens is 415 g/mol. The summed E-state index contributed by atoms with van der Waals surface area (Å²) >= 11 is 0. The normalized spacial score (nSPS) is 14.9. The van der Waals surface area contributed by atoms with E-state index in [-0.39, 0.29) is 11.4 Å². The number of para-hydroxylation sites is 2. The highest BCUT2D eigenvalue weighted by Gasteiger charge is 2.32. The van der Waals surface area contributed by atoms with E-state index >= 15 is 0 Å². The average molecular weight is 439 g/mol. The summed E-state index contributed by atoms with van der Waals surface area (Å²) in [5.74, 6) is 0.380. The standard InChI is InChI=1S/C22H24F3NO3S/c1-29-21-10-6-5-9-20(21)26(16-15-17-7-3-2-4-8-17)30(27,28)19-13-11-18(12-14-19)22(23,24)25/h5-7,9-14H,2-4,8,15-16H2,1H3. The Morgan fingerprint density at radius 2 is 1.73 bits per heavy atom. The first-order valence-electron chi connectivity index (χ1n) is 9.74. The molecule has 162 valence electrons. The van der Waals surface area contributed by atoms with E-state index in [1.54, 1.807) is 24.3 Å². The summed E-state index contributed by atoms with van der Waals surface area (Å²) in [4.78, 5) is -0.195. The Morgan fingerprint density at radius 3 is 2.33 bits per heavy atom. The topological polar surface area (TPSA) is 46.6 Å². The van der Waals surface area contributed by atoms with E-state index in [0.717, 1.165) is 49.9 Å². The van der Waals surface area contributed by atoms with Crippen LogP contribution in [0.4, 0.5) is 18.9 Å². The molecule has 0 heterocycles. The molecule has 0 amide bonds. The number of rotatable bonds is 7. The number of halogens is 3. The Bertz CT molecular complexity index is 999. The number of ether oxygens (including phenoxy) is 1. The summed E-state index contributed by atoms with van der Waals surface area (Å²) in [6.07, 6.45) is 2.29. The van der Waals surface area contributed by atoms with Gasteiger partial charge in [0, 0.05) is 6.54 Å². The minimum atomic E-state index is -4.53. The number of benzene rings is 2. The molecular formula is C22H24F3NO3S. The number of hydrogen-bond acceptors (Lipinski definition) is 3. The molecule has 1 aliphatic carbocycles. The lowest BCUT2D eigenvalue weighted by atomic mass is 9.97. The zero-order valence-electron chi connectivity index (χ0n) is 16.7. The van der Waals surface area contributed by atoms with Crippen LogP contribution in [0.25, 0.3) is 0 Å². The zero-order chi connectivity index (χ0) is 21.8. The van der Waals surface area contributed by atoms with Crippen molar-refractivity contribution in [3.63, 3.8) is 0 Å². The van der Waals surface area contributed by atoms with Crippen LogP contribution in [0.15, 0.2) is 65.1 Å². The van der Waals surface area contributed by atoms with E-state index < -0.39 is 21.8 Å². The maximum atomic E-state index is 13.4. The van der Waals surface area contributed by atoms with E-state index in [9.17, 15) is 21.6 Å². The molecule has 2 aromatic rings. The molecule has 0 aromatic heterocycles. The van der Waals surface area contributed by atoms with Crippen LogP contribution in [0.1, 0.15) is 37.7 Å². The van der Waals surface area contributed by atoms with Gasteiger partial charge in [0.15, 0.2) is 0 Å². The molecule has 0 N–H and O–H groups in total. The Morgan fingerprint density at radius 1 is 1.03 bits per heavy atom. The molecule has 0 aliphatic heterocycles. The maximum Gasteiger partial charge on any atom is 0.416 e. The first-order valence-corrected chi connectivity index (χ1v) is 11.2. The Kier molecular flexibility index (Phi) is 6.75. The van der Waals surface area contributed by atoms with Crippen molar-refractivity contribution in [2.75, 3.05) is 18.0 Å². The molecule has 1 aliphatic rings. The number of sulfonamides is 1. The zero-order valence-corrected chi connectivity index (χ0v) is 17.5. The second-order valence-corrected chi connectivity index (χ2v) is 8.99. The van der Waals surface area contributed by atoms with Crippen LogP contribution in [0.5, 0.6) is 5.75 Å². The van der Waals surface area contributed by atoms with Crippen LogP contribution in [-0.4, -0.2) is 22.1 Å². The number of alkyl halides is 3. The van der Waals surface area contributed by atoms with E-state index in [2.05, 4.69) is 6.08 Å². The highest BCUT2D eigenvalue weighted by molar-refractivity contribution is 7.92. The predicted octanol–water partition coefficient (Wildman–Crippen LogP) is 5.80. The van der Waals surface area contributed by atoms with Crippen LogP contribution >= 0.6 is 0 Å². The van der Waals surface area contributed by atoms with Crippen molar-refractivity contribution in [3.05, 3.63) is 65.7 Å². The van der Waals surface area contributed by atoms with Crippen molar-refractivity contribution >= 4 is 15.7 Å². The van der Waals surface area contributed by atoms with Gasteiger partial charge in [-0.2, -0.15) is 13.2 Å². The summed E-state index contributed by atoms with van der Waals surface area (Å²) in [5, 5.41) is 0. The molecule has 30 heavy (non-hydrogen) atoms. The Labute approximate surface area is 175 Å². The van der Waals surface area contributed by atoms with Crippen LogP contribution < -0.4 is 9.04 Å². The molecule has 0 radical (unpaired) electrons. The summed E-state index contributed by atoms with van der Waals surface area (Å²) in [5.41, 5.74) is 0.665. The van der Waals surface area contributed by atoms with Crippen LogP contribution in [0.3, 0.4) is 0 Å². The molecule has 0 bridgehead atoms. The second kappa shape index (κ2) is 9.12. The van der Waals surface area contributed by atoms with Gasteiger partial charge >= 0.3 is 6.18 Å². The fourth-order valence-electron chi connectivity index (χ4n) is 3.53. The number of anilines is 1. The molecule has 8 heteroatoms. The van der Waals surface area contributed by atoms with Gasteiger partial charge in [-0.3, -0.25) is 4.31 Å². The molecule has 0 spiro atoms. The number of hydrogen-bond donors (Lipinski definition) is 0. The van der Waals surface area contributed by atoms with E-state index in [4.69, 9.17) is 4.74 Å². The van der Waals surface area contributed by atoms with E-state index in [1.165, 1.54) is 17.0 Å². The van der Waals surface area contributed by atoms with Crippen LogP contribution in [-0.2, 0) is 16.2 Å². The van der Waals surface area contributed by atoms with Gasteiger partial charge < -0.3 is 4.74 Å². The lowest BCUT2D eigenvalue weighted by Crippen LogP contribution is -2.32. The minimum absolute atomic E-state index is 0.176. The summed E-state index contributed by atoms with van der Waals surface area (Å²) in [6.45, 7) is 0.176. The number of nitrogens with zero attached hydrogens (tertiary/aromatic N) is 1. The molecule has 0 saturated carbocycles. The van der Waals surface area contributed by atoms with Crippen LogP contribution in [0.2, 0.25) is 0 Å². The summed E-state index contributed by atoms with van der Waals surface area (Å²) in [7, 11) is -2.64. The largest absolute Gasteiger partial charge is 0.495 e. The Balaban J connectivity index is 1.98.